The summed E-state index contributed by atoms with van der Waals surface area (Å²) in [6.45, 7) is 7.34. The molecule has 12 heavy (non-hydrogen) atoms. The zero-order chi connectivity index (χ0) is 8.60. The SMILES string of the molecule is CC(C)=C1CC2(CNCCO2)C1. The Bertz CT molecular complexity index is 200. The van der Waals surface area contributed by atoms with Gasteiger partial charge in [0.05, 0.1) is 12.2 Å². The Kier molecular flexibility index (Phi) is 1.97. The van der Waals surface area contributed by atoms with Gasteiger partial charge in [-0.05, 0) is 26.7 Å². The van der Waals surface area contributed by atoms with E-state index in [9.17, 15) is 0 Å². The molecule has 1 saturated heterocycles. The summed E-state index contributed by atoms with van der Waals surface area (Å²) in [6, 6.07) is 0. The predicted molar refractivity (Wildman–Crippen MR) is 49.2 cm³/mol. The van der Waals surface area contributed by atoms with Crippen LogP contribution in [0.1, 0.15) is 26.7 Å². The number of morpholine rings is 1. The Morgan fingerprint density at radius 1 is 1.42 bits per heavy atom. The standard InChI is InChI=1S/C10H17NO/c1-8(2)9-5-10(6-9)7-11-3-4-12-10/h11H,3-7H2,1-2H3. The summed E-state index contributed by atoms with van der Waals surface area (Å²) >= 11 is 0. The maximum absolute atomic E-state index is 5.79. The molecule has 68 valence electrons. The molecule has 0 radical (unpaired) electrons. The lowest BCUT2D eigenvalue weighted by Gasteiger charge is -2.47. The van der Waals surface area contributed by atoms with Crippen LogP contribution in [0.5, 0.6) is 0 Å². The molecule has 1 aliphatic heterocycles. The molecule has 0 amide bonds. The molecule has 0 aromatic carbocycles. The maximum atomic E-state index is 5.79. The van der Waals surface area contributed by atoms with Crippen LogP contribution in [0, 0.1) is 0 Å². The highest BCUT2D eigenvalue weighted by Gasteiger charge is 2.42. The van der Waals surface area contributed by atoms with Crippen molar-refractivity contribution in [1.82, 2.24) is 5.32 Å². The van der Waals surface area contributed by atoms with Gasteiger partial charge in [0.1, 0.15) is 0 Å². The maximum Gasteiger partial charge on any atom is 0.0880 e. The quantitative estimate of drug-likeness (QED) is 0.552. The summed E-state index contributed by atoms with van der Waals surface area (Å²) in [5.74, 6) is 0. The predicted octanol–water partition coefficient (Wildman–Crippen LogP) is 1.48. The van der Waals surface area contributed by atoms with Gasteiger partial charge in [-0.2, -0.15) is 0 Å². The zero-order valence-electron chi connectivity index (χ0n) is 7.94. The molecule has 0 atom stereocenters. The lowest BCUT2D eigenvalue weighted by molar-refractivity contribution is -0.0913. The molecule has 2 heteroatoms. The Morgan fingerprint density at radius 2 is 2.17 bits per heavy atom. The van der Waals surface area contributed by atoms with Gasteiger partial charge >= 0.3 is 0 Å². The Morgan fingerprint density at radius 3 is 2.67 bits per heavy atom. The first-order valence-corrected chi connectivity index (χ1v) is 4.72. The summed E-state index contributed by atoms with van der Waals surface area (Å²) in [4.78, 5) is 0. The molecule has 1 N–H and O–H groups in total. The van der Waals surface area contributed by atoms with Gasteiger partial charge in [-0.25, -0.2) is 0 Å². The molecule has 1 saturated carbocycles. The number of hydrogen-bond acceptors (Lipinski definition) is 2. The van der Waals surface area contributed by atoms with E-state index in [0.717, 1.165) is 32.5 Å². The second kappa shape index (κ2) is 2.86. The van der Waals surface area contributed by atoms with E-state index in [4.69, 9.17) is 4.74 Å². The van der Waals surface area contributed by atoms with Crippen molar-refractivity contribution in [2.24, 2.45) is 0 Å². The van der Waals surface area contributed by atoms with E-state index in [-0.39, 0.29) is 5.60 Å². The summed E-state index contributed by atoms with van der Waals surface area (Å²) in [5, 5.41) is 3.39. The number of allylic oxidation sites excluding steroid dienone is 1. The van der Waals surface area contributed by atoms with Crippen LogP contribution in [0.3, 0.4) is 0 Å². The Labute approximate surface area is 74.0 Å². The monoisotopic (exact) mass is 167 g/mol. The molecule has 0 aromatic heterocycles. The first kappa shape index (κ1) is 8.27. The topological polar surface area (TPSA) is 21.3 Å². The van der Waals surface area contributed by atoms with Gasteiger partial charge in [0.2, 0.25) is 0 Å². The van der Waals surface area contributed by atoms with Crippen LogP contribution in [0.25, 0.3) is 0 Å². The van der Waals surface area contributed by atoms with Crippen molar-refractivity contribution in [2.75, 3.05) is 19.7 Å². The molecule has 2 rings (SSSR count). The molecule has 2 aliphatic rings. The highest BCUT2D eigenvalue weighted by Crippen LogP contribution is 2.42. The van der Waals surface area contributed by atoms with Crippen LogP contribution < -0.4 is 5.32 Å². The van der Waals surface area contributed by atoms with Gasteiger partial charge in [-0.3, -0.25) is 0 Å². The molecule has 0 bridgehead atoms. The number of hydrogen-bond donors (Lipinski definition) is 1. The van der Waals surface area contributed by atoms with Crippen molar-refractivity contribution in [3.63, 3.8) is 0 Å². The van der Waals surface area contributed by atoms with Crippen LogP contribution in [-0.4, -0.2) is 25.3 Å². The Balaban J connectivity index is 1.97. The van der Waals surface area contributed by atoms with Gasteiger partial charge in [-0.15, -0.1) is 0 Å². The van der Waals surface area contributed by atoms with Gasteiger partial charge in [0.25, 0.3) is 0 Å². The second-order valence-electron chi connectivity index (χ2n) is 4.17. The smallest absolute Gasteiger partial charge is 0.0880 e. The van der Waals surface area contributed by atoms with E-state index in [1.54, 1.807) is 5.57 Å². The highest BCUT2D eigenvalue weighted by molar-refractivity contribution is 5.26. The van der Waals surface area contributed by atoms with Crippen molar-refractivity contribution < 1.29 is 4.74 Å². The first-order valence-electron chi connectivity index (χ1n) is 4.72. The zero-order valence-corrected chi connectivity index (χ0v) is 7.94. The largest absolute Gasteiger partial charge is 0.372 e. The van der Waals surface area contributed by atoms with E-state index in [1.807, 2.05) is 0 Å². The van der Waals surface area contributed by atoms with Gasteiger partial charge in [0, 0.05) is 13.1 Å². The summed E-state index contributed by atoms with van der Waals surface area (Å²) < 4.78 is 5.79. The number of ether oxygens (including phenoxy) is 1. The van der Waals surface area contributed by atoms with Crippen molar-refractivity contribution in [1.29, 1.82) is 0 Å². The van der Waals surface area contributed by atoms with E-state index in [2.05, 4.69) is 19.2 Å². The first-order chi connectivity index (χ1) is 5.72. The lowest BCUT2D eigenvalue weighted by Crippen LogP contribution is -2.55. The average molecular weight is 167 g/mol. The molecule has 2 fully saturated rings. The molecule has 1 spiro atoms. The van der Waals surface area contributed by atoms with Crippen LogP contribution in [0.4, 0.5) is 0 Å². The van der Waals surface area contributed by atoms with Gasteiger partial charge in [0.15, 0.2) is 0 Å². The molecular weight excluding hydrogens is 150 g/mol. The van der Waals surface area contributed by atoms with Crippen molar-refractivity contribution in [3.05, 3.63) is 11.1 Å². The van der Waals surface area contributed by atoms with E-state index in [1.165, 1.54) is 5.57 Å². The summed E-state index contributed by atoms with van der Waals surface area (Å²) in [7, 11) is 0. The van der Waals surface area contributed by atoms with Crippen molar-refractivity contribution in [3.8, 4) is 0 Å². The van der Waals surface area contributed by atoms with Crippen molar-refractivity contribution >= 4 is 0 Å². The minimum atomic E-state index is 0.185. The molecule has 0 aromatic rings. The second-order valence-corrected chi connectivity index (χ2v) is 4.17. The third-order valence-electron chi connectivity index (χ3n) is 2.91. The van der Waals surface area contributed by atoms with Crippen LogP contribution in [-0.2, 0) is 4.74 Å². The van der Waals surface area contributed by atoms with Crippen LogP contribution in [0.2, 0.25) is 0 Å². The summed E-state index contributed by atoms with van der Waals surface area (Å²) in [6.07, 6.45) is 2.31. The lowest BCUT2D eigenvalue weighted by atomic mass is 9.73. The van der Waals surface area contributed by atoms with Crippen LogP contribution in [0.15, 0.2) is 11.1 Å². The highest BCUT2D eigenvalue weighted by atomic mass is 16.5. The van der Waals surface area contributed by atoms with E-state index >= 15 is 0 Å². The average Bonchev–Trinajstić information content (AvgIpc) is 2.01. The molecule has 2 nitrogen and oxygen atoms in total. The van der Waals surface area contributed by atoms with E-state index < -0.39 is 0 Å². The van der Waals surface area contributed by atoms with Crippen LogP contribution >= 0.6 is 0 Å². The number of rotatable bonds is 0. The third-order valence-corrected chi connectivity index (χ3v) is 2.91. The fraction of sp³-hybridized carbons (Fsp3) is 0.800. The van der Waals surface area contributed by atoms with E-state index in [0.29, 0.717) is 0 Å². The molecule has 1 heterocycles. The normalized spacial score (nSPS) is 35.0. The fourth-order valence-corrected chi connectivity index (χ4v) is 2.01. The van der Waals surface area contributed by atoms with Gasteiger partial charge < -0.3 is 10.1 Å². The minimum absolute atomic E-state index is 0.185. The van der Waals surface area contributed by atoms with Crippen molar-refractivity contribution in [2.45, 2.75) is 32.3 Å². The summed E-state index contributed by atoms with van der Waals surface area (Å²) in [5.41, 5.74) is 3.26. The molecule has 1 aliphatic carbocycles. The third kappa shape index (κ3) is 1.29. The Hall–Kier alpha value is -0.340. The minimum Gasteiger partial charge on any atom is -0.372 e. The fourth-order valence-electron chi connectivity index (χ4n) is 2.01. The molecular formula is C10H17NO. The van der Waals surface area contributed by atoms with Gasteiger partial charge in [-0.1, -0.05) is 11.1 Å². The number of nitrogens with one attached hydrogen (secondary N) is 1. The molecule has 0 unspecified atom stereocenters.